The summed E-state index contributed by atoms with van der Waals surface area (Å²) < 4.78 is 64.6. The first-order valence-corrected chi connectivity index (χ1v) is 6.80. The zero-order valence-electron chi connectivity index (χ0n) is 9.44. The summed E-state index contributed by atoms with van der Waals surface area (Å²) in [5, 5.41) is -0.563. The van der Waals surface area contributed by atoms with Crippen LogP contribution in [0.2, 0.25) is 5.02 Å². The molecule has 1 N–H and O–H groups in total. The van der Waals surface area contributed by atoms with E-state index in [1.165, 1.54) is 0 Å². The molecule has 2 aromatic rings. The number of nitrogens with zero attached hydrogens (tertiary/aromatic N) is 2. The van der Waals surface area contributed by atoms with Gasteiger partial charge in [-0.2, -0.15) is 0 Å². The number of anilines is 1. The van der Waals surface area contributed by atoms with Crippen molar-refractivity contribution in [1.82, 2.24) is 9.97 Å². The number of benzene rings is 1. The minimum absolute atomic E-state index is 0.336. The van der Waals surface area contributed by atoms with Gasteiger partial charge < -0.3 is 0 Å². The molecule has 0 spiro atoms. The van der Waals surface area contributed by atoms with Gasteiger partial charge >= 0.3 is 0 Å². The molecular weight excluding hydrogens is 319 g/mol. The Hall–Kier alpha value is -1.87. The number of hydrogen-bond donors (Lipinski definition) is 1. The van der Waals surface area contributed by atoms with Crippen LogP contribution in [0.4, 0.5) is 19.1 Å². The zero-order valence-corrected chi connectivity index (χ0v) is 11.0. The highest BCUT2D eigenvalue weighted by Crippen LogP contribution is 2.24. The van der Waals surface area contributed by atoms with Gasteiger partial charge in [-0.15, -0.1) is 0 Å². The van der Waals surface area contributed by atoms with E-state index in [2.05, 4.69) is 9.97 Å². The van der Waals surface area contributed by atoms with Crippen molar-refractivity contribution in [1.29, 1.82) is 0 Å². The fourth-order valence-electron chi connectivity index (χ4n) is 1.25. The molecule has 1 heterocycles. The predicted octanol–water partition coefficient (Wildman–Crippen LogP) is 2.35. The quantitative estimate of drug-likeness (QED) is 0.880. The first-order valence-electron chi connectivity index (χ1n) is 4.94. The van der Waals surface area contributed by atoms with Gasteiger partial charge in [-0.05, 0) is 6.07 Å². The third kappa shape index (κ3) is 2.99. The third-order valence-corrected chi connectivity index (χ3v) is 3.74. The van der Waals surface area contributed by atoms with Crippen molar-refractivity contribution in [3.8, 4) is 0 Å². The van der Waals surface area contributed by atoms with E-state index in [0.717, 1.165) is 12.4 Å². The monoisotopic (exact) mass is 323 g/mol. The molecule has 0 saturated heterocycles. The van der Waals surface area contributed by atoms with Gasteiger partial charge in [0.25, 0.3) is 10.0 Å². The van der Waals surface area contributed by atoms with E-state index in [1.807, 2.05) is 4.72 Å². The molecule has 0 aliphatic heterocycles. The Balaban J connectivity index is 2.40. The second-order valence-electron chi connectivity index (χ2n) is 3.53. The lowest BCUT2D eigenvalue weighted by atomic mass is 10.3. The van der Waals surface area contributed by atoms with Crippen molar-refractivity contribution < 1.29 is 21.6 Å². The van der Waals surface area contributed by atoms with Gasteiger partial charge in [0.2, 0.25) is 5.95 Å². The maximum atomic E-state index is 13.5. The van der Waals surface area contributed by atoms with E-state index < -0.39 is 43.3 Å². The minimum Gasteiger partial charge on any atom is -0.247 e. The van der Waals surface area contributed by atoms with Crippen molar-refractivity contribution in [2.45, 2.75) is 4.90 Å². The lowest BCUT2D eigenvalue weighted by molar-refractivity contribution is 0.551. The van der Waals surface area contributed by atoms with Gasteiger partial charge in [0.15, 0.2) is 5.82 Å². The van der Waals surface area contributed by atoms with Crippen molar-refractivity contribution in [2.24, 2.45) is 0 Å². The van der Waals surface area contributed by atoms with Gasteiger partial charge in [-0.1, -0.05) is 11.6 Å². The van der Waals surface area contributed by atoms with Crippen molar-refractivity contribution in [2.75, 3.05) is 4.72 Å². The summed E-state index contributed by atoms with van der Waals surface area (Å²) in [5.41, 5.74) is 0. The molecule has 5 nitrogen and oxygen atoms in total. The Kier molecular flexibility index (Phi) is 3.82. The molecule has 10 heteroatoms. The summed E-state index contributed by atoms with van der Waals surface area (Å²) in [6, 6.07) is 0.945. The Morgan fingerprint density at radius 2 is 1.65 bits per heavy atom. The molecule has 0 radical (unpaired) electrons. The van der Waals surface area contributed by atoms with Crippen LogP contribution in [0, 0.1) is 17.5 Å². The van der Waals surface area contributed by atoms with Crippen molar-refractivity contribution in [3.05, 3.63) is 47.0 Å². The van der Waals surface area contributed by atoms with Crippen LogP contribution in [-0.2, 0) is 10.0 Å². The molecule has 0 aliphatic carbocycles. The van der Waals surface area contributed by atoms with Crippen LogP contribution in [0.5, 0.6) is 0 Å². The first kappa shape index (κ1) is 14.5. The van der Waals surface area contributed by atoms with Crippen molar-refractivity contribution >= 4 is 27.6 Å². The minimum atomic E-state index is -4.42. The average molecular weight is 324 g/mol. The summed E-state index contributed by atoms with van der Waals surface area (Å²) >= 11 is 5.40. The van der Waals surface area contributed by atoms with E-state index in [-0.39, 0.29) is 0 Å². The van der Waals surface area contributed by atoms with E-state index >= 15 is 0 Å². The van der Waals surface area contributed by atoms with Gasteiger partial charge in [0.1, 0.15) is 16.5 Å². The molecule has 2 rings (SSSR count). The summed E-state index contributed by atoms with van der Waals surface area (Å²) in [6.45, 7) is 0. The van der Waals surface area contributed by atoms with Crippen LogP contribution < -0.4 is 4.72 Å². The predicted molar refractivity (Wildman–Crippen MR) is 64.2 cm³/mol. The van der Waals surface area contributed by atoms with E-state index in [1.54, 1.807) is 0 Å². The lowest BCUT2D eigenvalue weighted by Crippen LogP contribution is -2.16. The van der Waals surface area contributed by atoms with Gasteiger partial charge in [-0.25, -0.2) is 36.3 Å². The molecule has 0 amide bonds. The highest BCUT2D eigenvalue weighted by atomic mass is 35.5. The summed E-state index contributed by atoms with van der Waals surface area (Å²) in [6.07, 6.45) is 1.44. The van der Waals surface area contributed by atoms with E-state index in [0.29, 0.717) is 12.1 Å². The average Bonchev–Trinajstić information content (AvgIpc) is 2.36. The summed E-state index contributed by atoms with van der Waals surface area (Å²) in [4.78, 5) is 5.83. The molecule has 1 aromatic heterocycles. The smallest absolute Gasteiger partial charge is 0.247 e. The van der Waals surface area contributed by atoms with Crippen LogP contribution in [0.15, 0.2) is 29.4 Å². The molecule has 20 heavy (non-hydrogen) atoms. The molecular formula is C10H5ClF3N3O2S. The number of nitrogens with one attached hydrogen (secondary N) is 1. The molecule has 0 unspecified atom stereocenters. The number of sulfonamides is 1. The zero-order chi connectivity index (χ0) is 14.9. The second-order valence-corrected chi connectivity index (χ2v) is 5.59. The van der Waals surface area contributed by atoms with Gasteiger partial charge in [0, 0.05) is 6.07 Å². The summed E-state index contributed by atoms with van der Waals surface area (Å²) in [7, 11) is -4.42. The highest BCUT2D eigenvalue weighted by molar-refractivity contribution is 7.92. The first-order chi connectivity index (χ1) is 9.29. The fraction of sp³-hybridized carbons (Fsp3) is 0. The van der Waals surface area contributed by atoms with Crippen LogP contribution in [0.3, 0.4) is 0 Å². The third-order valence-electron chi connectivity index (χ3n) is 2.11. The van der Waals surface area contributed by atoms with Crippen LogP contribution in [-0.4, -0.2) is 18.4 Å². The molecule has 0 bridgehead atoms. The number of halogens is 4. The molecule has 0 saturated carbocycles. The molecule has 1 aromatic carbocycles. The molecule has 0 fully saturated rings. The standard InChI is InChI=1S/C10H5ClF3N3O2S/c11-6-1-9(8(14)2-7(6)13)20(18,19)17-10-15-3-5(12)4-16-10/h1-4H,(H,15,16,17). The van der Waals surface area contributed by atoms with Crippen LogP contribution in [0.1, 0.15) is 0 Å². The fourth-order valence-corrected chi connectivity index (χ4v) is 2.52. The molecule has 106 valence electrons. The van der Waals surface area contributed by atoms with E-state index in [9.17, 15) is 21.6 Å². The Labute approximate surface area is 116 Å². The Morgan fingerprint density at radius 1 is 1.05 bits per heavy atom. The number of rotatable bonds is 3. The number of aromatic nitrogens is 2. The molecule has 0 atom stereocenters. The van der Waals surface area contributed by atoms with Crippen molar-refractivity contribution in [3.63, 3.8) is 0 Å². The van der Waals surface area contributed by atoms with Gasteiger partial charge in [0.05, 0.1) is 17.4 Å². The lowest BCUT2D eigenvalue weighted by Gasteiger charge is -2.08. The van der Waals surface area contributed by atoms with Gasteiger partial charge in [-0.3, -0.25) is 0 Å². The normalized spacial score (nSPS) is 11.4. The Bertz CT molecular complexity index is 753. The summed E-state index contributed by atoms with van der Waals surface area (Å²) in [5.74, 6) is -3.67. The number of hydrogen-bond acceptors (Lipinski definition) is 4. The highest BCUT2D eigenvalue weighted by Gasteiger charge is 2.22. The SMILES string of the molecule is O=S(=O)(Nc1ncc(F)cn1)c1cc(Cl)c(F)cc1F. The maximum absolute atomic E-state index is 13.5. The largest absolute Gasteiger partial charge is 0.267 e. The Morgan fingerprint density at radius 3 is 2.25 bits per heavy atom. The topological polar surface area (TPSA) is 72.0 Å². The van der Waals surface area contributed by atoms with E-state index in [4.69, 9.17) is 11.6 Å². The van der Waals surface area contributed by atoms with Crippen LogP contribution in [0.25, 0.3) is 0 Å². The second kappa shape index (κ2) is 5.25. The molecule has 0 aliphatic rings. The van der Waals surface area contributed by atoms with Crippen LogP contribution >= 0.6 is 11.6 Å². The maximum Gasteiger partial charge on any atom is 0.267 e.